The second kappa shape index (κ2) is 6.75. The fourth-order valence-electron chi connectivity index (χ4n) is 3.35. The first-order valence-corrected chi connectivity index (χ1v) is 8.74. The molecule has 0 spiro atoms. The minimum atomic E-state index is 0.0961. The van der Waals surface area contributed by atoms with Gasteiger partial charge in [0.05, 0.1) is 30.0 Å². The fourth-order valence-corrected chi connectivity index (χ4v) is 3.71. The molecule has 2 atom stereocenters. The summed E-state index contributed by atoms with van der Waals surface area (Å²) in [5.41, 5.74) is 4.62. The Balaban J connectivity index is 2.10. The van der Waals surface area contributed by atoms with E-state index in [2.05, 4.69) is 53.7 Å². The van der Waals surface area contributed by atoms with E-state index in [1.807, 2.05) is 6.07 Å². The van der Waals surface area contributed by atoms with Gasteiger partial charge in [0.1, 0.15) is 0 Å². The van der Waals surface area contributed by atoms with Crippen LogP contribution in [0, 0.1) is 13.8 Å². The SMILES string of the molecule is COCC1CN(c2c(C)c(C)nc3ccc(Br)cc23)CC(C)O1. The Morgan fingerprint density at radius 1 is 1.35 bits per heavy atom. The summed E-state index contributed by atoms with van der Waals surface area (Å²) in [6, 6.07) is 6.28. The van der Waals surface area contributed by atoms with E-state index in [-0.39, 0.29) is 12.2 Å². The topological polar surface area (TPSA) is 34.6 Å². The minimum Gasteiger partial charge on any atom is -0.382 e. The lowest BCUT2D eigenvalue weighted by Gasteiger charge is -2.39. The number of rotatable bonds is 3. The van der Waals surface area contributed by atoms with Crippen LogP contribution in [-0.4, -0.2) is 44.0 Å². The number of fused-ring (bicyclic) bond motifs is 1. The summed E-state index contributed by atoms with van der Waals surface area (Å²) in [5, 5.41) is 1.19. The third-order valence-electron chi connectivity index (χ3n) is 4.39. The number of benzene rings is 1. The number of morpholine rings is 1. The average Bonchev–Trinajstić information content (AvgIpc) is 2.49. The summed E-state index contributed by atoms with van der Waals surface area (Å²) < 4.78 is 12.4. The third kappa shape index (κ3) is 3.37. The van der Waals surface area contributed by atoms with Crippen molar-refractivity contribution in [3.63, 3.8) is 0 Å². The second-order valence-corrected chi connectivity index (χ2v) is 7.18. The van der Waals surface area contributed by atoms with Gasteiger partial charge in [0.15, 0.2) is 0 Å². The van der Waals surface area contributed by atoms with E-state index in [0.717, 1.165) is 28.8 Å². The second-order valence-electron chi connectivity index (χ2n) is 6.26. The Bertz CT molecular complexity index is 720. The molecule has 0 amide bonds. The van der Waals surface area contributed by atoms with E-state index < -0.39 is 0 Å². The van der Waals surface area contributed by atoms with Gasteiger partial charge in [-0.2, -0.15) is 0 Å². The van der Waals surface area contributed by atoms with Crippen molar-refractivity contribution in [2.45, 2.75) is 33.0 Å². The van der Waals surface area contributed by atoms with Crippen molar-refractivity contribution in [1.82, 2.24) is 4.98 Å². The van der Waals surface area contributed by atoms with Crippen LogP contribution in [0.15, 0.2) is 22.7 Å². The Labute approximate surface area is 145 Å². The Hall–Kier alpha value is -1.17. The van der Waals surface area contributed by atoms with Crippen LogP contribution in [0.5, 0.6) is 0 Å². The van der Waals surface area contributed by atoms with Gasteiger partial charge in [-0.15, -0.1) is 0 Å². The lowest BCUT2D eigenvalue weighted by molar-refractivity contribution is -0.0510. The van der Waals surface area contributed by atoms with Gasteiger partial charge >= 0.3 is 0 Å². The number of aromatic nitrogens is 1. The molecular formula is C18H23BrN2O2. The van der Waals surface area contributed by atoms with Crippen LogP contribution in [0.3, 0.4) is 0 Å². The first-order chi connectivity index (χ1) is 11.0. The molecule has 1 aromatic heterocycles. The molecule has 1 saturated heterocycles. The maximum Gasteiger partial charge on any atom is 0.0987 e. The largest absolute Gasteiger partial charge is 0.382 e. The molecular weight excluding hydrogens is 356 g/mol. The van der Waals surface area contributed by atoms with Crippen molar-refractivity contribution >= 4 is 32.5 Å². The molecule has 2 aromatic rings. The van der Waals surface area contributed by atoms with Crippen molar-refractivity contribution in [1.29, 1.82) is 0 Å². The minimum absolute atomic E-state index is 0.0961. The van der Waals surface area contributed by atoms with Gasteiger partial charge in [-0.05, 0) is 44.5 Å². The first kappa shape index (κ1) is 16.7. The highest BCUT2D eigenvalue weighted by molar-refractivity contribution is 9.10. The molecule has 23 heavy (non-hydrogen) atoms. The smallest absolute Gasteiger partial charge is 0.0987 e. The zero-order chi connectivity index (χ0) is 16.6. The Morgan fingerprint density at radius 2 is 2.13 bits per heavy atom. The van der Waals surface area contributed by atoms with Gasteiger partial charge in [-0.3, -0.25) is 4.98 Å². The molecule has 124 valence electrons. The molecule has 2 unspecified atom stereocenters. The van der Waals surface area contributed by atoms with Crippen LogP contribution in [-0.2, 0) is 9.47 Å². The summed E-state index contributed by atoms with van der Waals surface area (Å²) in [4.78, 5) is 7.17. The molecule has 0 saturated carbocycles. The molecule has 0 radical (unpaired) electrons. The maximum atomic E-state index is 5.99. The first-order valence-electron chi connectivity index (χ1n) is 7.95. The predicted octanol–water partition coefficient (Wildman–Crippen LogP) is 3.85. The van der Waals surface area contributed by atoms with Gasteiger partial charge < -0.3 is 14.4 Å². The number of hydrogen-bond donors (Lipinski definition) is 0. The summed E-state index contributed by atoms with van der Waals surface area (Å²) in [6.45, 7) is 8.69. The third-order valence-corrected chi connectivity index (χ3v) is 4.89. The maximum absolute atomic E-state index is 5.99. The van der Waals surface area contributed by atoms with E-state index in [1.165, 1.54) is 16.6 Å². The molecule has 1 aromatic carbocycles. The normalized spacial score (nSPS) is 21.9. The molecule has 0 bridgehead atoms. The number of ether oxygens (including phenoxy) is 2. The van der Waals surface area contributed by atoms with Crippen LogP contribution < -0.4 is 4.90 Å². The summed E-state index contributed by atoms with van der Waals surface area (Å²) >= 11 is 3.59. The molecule has 4 nitrogen and oxygen atoms in total. The van der Waals surface area contributed by atoms with Gasteiger partial charge in [-0.1, -0.05) is 15.9 Å². The Kier molecular flexibility index (Phi) is 4.90. The average molecular weight is 379 g/mol. The molecule has 0 aliphatic carbocycles. The zero-order valence-corrected chi connectivity index (χ0v) is 15.7. The van der Waals surface area contributed by atoms with Gasteiger partial charge in [-0.25, -0.2) is 0 Å². The molecule has 2 heterocycles. The highest BCUT2D eigenvalue weighted by Gasteiger charge is 2.28. The van der Waals surface area contributed by atoms with Crippen molar-refractivity contribution in [2.24, 2.45) is 0 Å². The van der Waals surface area contributed by atoms with Crippen LogP contribution in [0.2, 0.25) is 0 Å². The molecule has 1 aliphatic heterocycles. The zero-order valence-electron chi connectivity index (χ0n) is 14.1. The van der Waals surface area contributed by atoms with Crippen molar-refractivity contribution in [2.75, 3.05) is 31.7 Å². The van der Waals surface area contributed by atoms with E-state index in [1.54, 1.807) is 7.11 Å². The monoisotopic (exact) mass is 378 g/mol. The summed E-state index contributed by atoms with van der Waals surface area (Å²) in [7, 11) is 1.72. The van der Waals surface area contributed by atoms with E-state index in [9.17, 15) is 0 Å². The number of pyridine rings is 1. The molecule has 3 rings (SSSR count). The van der Waals surface area contributed by atoms with Crippen LogP contribution in [0.1, 0.15) is 18.2 Å². The Morgan fingerprint density at radius 3 is 2.87 bits per heavy atom. The molecule has 5 heteroatoms. The lowest BCUT2D eigenvalue weighted by atomic mass is 10.0. The van der Waals surface area contributed by atoms with Crippen LogP contribution in [0.25, 0.3) is 10.9 Å². The van der Waals surface area contributed by atoms with Crippen molar-refractivity contribution in [3.05, 3.63) is 33.9 Å². The highest BCUT2D eigenvalue weighted by atomic mass is 79.9. The van der Waals surface area contributed by atoms with Crippen LogP contribution >= 0.6 is 15.9 Å². The van der Waals surface area contributed by atoms with Crippen molar-refractivity contribution < 1.29 is 9.47 Å². The summed E-state index contributed by atoms with van der Waals surface area (Å²) in [6.07, 6.45) is 0.276. The van der Waals surface area contributed by atoms with Gasteiger partial charge in [0, 0.05) is 35.8 Å². The van der Waals surface area contributed by atoms with Gasteiger partial charge in [0.2, 0.25) is 0 Å². The number of halogens is 1. The quantitative estimate of drug-likeness (QED) is 0.812. The highest BCUT2D eigenvalue weighted by Crippen LogP contribution is 2.34. The predicted molar refractivity (Wildman–Crippen MR) is 97.3 cm³/mol. The van der Waals surface area contributed by atoms with E-state index >= 15 is 0 Å². The van der Waals surface area contributed by atoms with E-state index in [4.69, 9.17) is 14.5 Å². The number of anilines is 1. The summed E-state index contributed by atoms with van der Waals surface area (Å²) in [5.74, 6) is 0. The molecule has 1 aliphatic rings. The van der Waals surface area contributed by atoms with E-state index in [0.29, 0.717) is 6.61 Å². The standard InChI is InChI=1S/C18H23BrN2O2/c1-11-8-21(9-15(23-11)10-22-4)18-12(2)13(3)20-17-6-5-14(19)7-16(17)18/h5-7,11,15H,8-10H2,1-4H3. The molecule has 1 fully saturated rings. The molecule has 0 N–H and O–H groups in total. The van der Waals surface area contributed by atoms with Gasteiger partial charge in [0.25, 0.3) is 0 Å². The fraction of sp³-hybridized carbons (Fsp3) is 0.500. The lowest BCUT2D eigenvalue weighted by Crippen LogP contribution is -2.48. The number of nitrogens with zero attached hydrogens (tertiary/aromatic N) is 2. The van der Waals surface area contributed by atoms with Crippen LogP contribution in [0.4, 0.5) is 5.69 Å². The number of hydrogen-bond acceptors (Lipinski definition) is 4. The van der Waals surface area contributed by atoms with Crippen molar-refractivity contribution in [3.8, 4) is 0 Å². The number of methoxy groups -OCH3 is 1. The number of aryl methyl sites for hydroxylation is 1.